The van der Waals surface area contributed by atoms with Crippen molar-refractivity contribution in [1.82, 2.24) is 10.3 Å². The fraction of sp³-hybridized carbons (Fsp3) is 0.583. The van der Waals surface area contributed by atoms with E-state index >= 15 is 0 Å². The molecule has 0 saturated carbocycles. The number of hydrogen-bond donors (Lipinski definition) is 1. The maximum Gasteiger partial charge on any atom is 0.280 e. The summed E-state index contributed by atoms with van der Waals surface area (Å²) < 4.78 is 25.3. The minimum atomic E-state index is -2.49. The molecule has 3 nitrogen and oxygen atoms in total. The smallest absolute Gasteiger partial charge is 0.280 e. The summed E-state index contributed by atoms with van der Waals surface area (Å²) in [6, 6.07) is 3.93. The second kappa shape index (κ2) is 3.91. The van der Waals surface area contributed by atoms with Gasteiger partial charge in [-0.3, -0.25) is 0 Å². The number of nitrogens with one attached hydrogen (secondary N) is 1. The van der Waals surface area contributed by atoms with Gasteiger partial charge in [-0.1, -0.05) is 6.07 Å². The van der Waals surface area contributed by atoms with E-state index in [1.54, 1.807) is 6.07 Å². The van der Waals surface area contributed by atoms with E-state index in [-0.39, 0.29) is 5.69 Å². The van der Waals surface area contributed by atoms with E-state index in [1.165, 1.54) is 6.07 Å². The maximum atomic E-state index is 12.7. The number of alkyl halides is 2. The van der Waals surface area contributed by atoms with Gasteiger partial charge in [0, 0.05) is 25.2 Å². The molecule has 3 heterocycles. The number of halogens is 2. The van der Waals surface area contributed by atoms with Gasteiger partial charge in [0.15, 0.2) is 0 Å². The lowest BCUT2D eigenvalue weighted by Gasteiger charge is -2.37. The van der Waals surface area contributed by atoms with Gasteiger partial charge in [-0.25, -0.2) is 13.8 Å². The van der Waals surface area contributed by atoms with Crippen molar-refractivity contribution >= 4 is 5.82 Å². The van der Waals surface area contributed by atoms with Crippen molar-refractivity contribution in [1.29, 1.82) is 0 Å². The quantitative estimate of drug-likeness (QED) is 0.809. The molecule has 1 N–H and O–H groups in total. The third-order valence-corrected chi connectivity index (χ3v) is 3.59. The highest BCUT2D eigenvalue weighted by Gasteiger charge is 2.36. The number of pyridine rings is 1. The maximum absolute atomic E-state index is 12.7. The van der Waals surface area contributed by atoms with Gasteiger partial charge >= 0.3 is 0 Å². The Bertz CT molecular complexity index is 436. The minimum absolute atomic E-state index is 0.116. The van der Waals surface area contributed by atoms with Crippen LogP contribution in [-0.2, 0) is 6.42 Å². The number of hydrogen-bond acceptors (Lipinski definition) is 3. The van der Waals surface area contributed by atoms with Crippen molar-refractivity contribution in [2.45, 2.75) is 31.9 Å². The van der Waals surface area contributed by atoms with Gasteiger partial charge in [-0.15, -0.1) is 0 Å². The van der Waals surface area contributed by atoms with Gasteiger partial charge in [0.25, 0.3) is 6.43 Å². The van der Waals surface area contributed by atoms with E-state index in [0.29, 0.717) is 12.1 Å². The third-order valence-electron chi connectivity index (χ3n) is 3.59. The van der Waals surface area contributed by atoms with Crippen LogP contribution in [0, 0.1) is 0 Å². The predicted octanol–water partition coefficient (Wildman–Crippen LogP) is 1.74. The summed E-state index contributed by atoms with van der Waals surface area (Å²) in [4.78, 5) is 6.33. The number of fused-ring (bicyclic) bond motifs is 3. The Morgan fingerprint density at radius 1 is 1.41 bits per heavy atom. The van der Waals surface area contributed by atoms with E-state index in [0.717, 1.165) is 30.9 Å². The van der Waals surface area contributed by atoms with Crippen LogP contribution in [0.4, 0.5) is 14.6 Å². The number of rotatable bonds is 1. The normalized spacial score (nSPS) is 27.2. The van der Waals surface area contributed by atoms with Crippen LogP contribution < -0.4 is 10.2 Å². The summed E-state index contributed by atoms with van der Waals surface area (Å²) in [5.74, 6) is 0.766. The molecule has 1 aromatic rings. The Kier molecular flexibility index (Phi) is 2.50. The van der Waals surface area contributed by atoms with Crippen LogP contribution in [0.5, 0.6) is 0 Å². The number of anilines is 1. The summed E-state index contributed by atoms with van der Waals surface area (Å²) in [7, 11) is 0. The average molecular weight is 239 g/mol. The molecule has 0 spiro atoms. The monoisotopic (exact) mass is 239 g/mol. The number of piperazine rings is 1. The first kappa shape index (κ1) is 10.9. The molecule has 17 heavy (non-hydrogen) atoms. The van der Waals surface area contributed by atoms with Crippen LogP contribution in [-0.4, -0.2) is 30.2 Å². The highest BCUT2D eigenvalue weighted by atomic mass is 19.3. The molecule has 1 aromatic heterocycles. The zero-order chi connectivity index (χ0) is 12.0. The Morgan fingerprint density at radius 2 is 2.24 bits per heavy atom. The fourth-order valence-corrected chi connectivity index (χ4v) is 2.82. The van der Waals surface area contributed by atoms with Crippen molar-refractivity contribution in [2.24, 2.45) is 0 Å². The number of aromatic nitrogens is 1. The van der Waals surface area contributed by atoms with Crippen molar-refractivity contribution in [3.63, 3.8) is 0 Å². The van der Waals surface area contributed by atoms with Crippen molar-refractivity contribution in [3.8, 4) is 0 Å². The Labute approximate surface area is 98.8 Å². The summed E-state index contributed by atoms with van der Waals surface area (Å²) in [5, 5.41) is 3.36. The van der Waals surface area contributed by atoms with Crippen LogP contribution in [0.2, 0.25) is 0 Å². The third kappa shape index (κ3) is 1.69. The Balaban J connectivity index is 2.00. The Hall–Kier alpha value is -1.23. The van der Waals surface area contributed by atoms with Gasteiger partial charge in [-0.2, -0.15) is 0 Å². The standard InChI is InChI=1S/C12H15F2N3/c1-7-5-15-6-9-4-8-2-3-10(11(13)14)16-12(8)17(7)9/h2-3,7,9,11,15H,4-6H2,1H3/t7-,9-/m1/s1. The van der Waals surface area contributed by atoms with Crippen LogP contribution in [0.1, 0.15) is 24.6 Å². The van der Waals surface area contributed by atoms with Gasteiger partial charge < -0.3 is 10.2 Å². The highest BCUT2D eigenvalue weighted by molar-refractivity contribution is 5.56. The zero-order valence-corrected chi connectivity index (χ0v) is 9.66. The van der Waals surface area contributed by atoms with E-state index in [4.69, 9.17) is 0 Å². The first-order chi connectivity index (χ1) is 8.16. The topological polar surface area (TPSA) is 28.2 Å². The zero-order valence-electron chi connectivity index (χ0n) is 9.66. The molecule has 1 fully saturated rings. The molecule has 92 valence electrons. The molecule has 0 aliphatic carbocycles. The van der Waals surface area contributed by atoms with Crippen molar-refractivity contribution in [2.75, 3.05) is 18.0 Å². The van der Waals surface area contributed by atoms with Crippen LogP contribution in [0.3, 0.4) is 0 Å². The van der Waals surface area contributed by atoms with Crippen molar-refractivity contribution < 1.29 is 8.78 Å². The van der Waals surface area contributed by atoms with E-state index in [9.17, 15) is 8.78 Å². The van der Waals surface area contributed by atoms with Gasteiger partial charge in [0.2, 0.25) is 0 Å². The fourth-order valence-electron chi connectivity index (χ4n) is 2.82. The molecule has 0 unspecified atom stereocenters. The van der Waals surface area contributed by atoms with Gasteiger partial charge in [0.1, 0.15) is 11.5 Å². The molecule has 2 atom stereocenters. The second-order valence-corrected chi connectivity index (χ2v) is 4.79. The van der Waals surface area contributed by atoms with Crippen LogP contribution in [0.25, 0.3) is 0 Å². The molecule has 2 aliphatic heterocycles. The van der Waals surface area contributed by atoms with E-state index in [1.807, 2.05) is 0 Å². The molecule has 0 radical (unpaired) electrons. The molecule has 3 rings (SSSR count). The first-order valence-corrected chi connectivity index (χ1v) is 5.94. The van der Waals surface area contributed by atoms with E-state index < -0.39 is 6.43 Å². The molecule has 5 heteroatoms. The minimum Gasteiger partial charge on any atom is -0.348 e. The van der Waals surface area contributed by atoms with E-state index in [2.05, 4.69) is 22.1 Å². The first-order valence-electron chi connectivity index (χ1n) is 5.94. The molecule has 2 aliphatic rings. The lowest BCUT2D eigenvalue weighted by molar-refractivity contribution is 0.146. The molecular weight excluding hydrogens is 224 g/mol. The Morgan fingerprint density at radius 3 is 3.00 bits per heavy atom. The van der Waals surface area contributed by atoms with Gasteiger partial charge in [0.05, 0.1) is 0 Å². The van der Waals surface area contributed by atoms with Crippen LogP contribution in [0.15, 0.2) is 12.1 Å². The SMILES string of the molecule is C[C@@H]1CNC[C@H]2Cc3ccc(C(F)F)nc3N21. The molecule has 0 bridgehead atoms. The predicted molar refractivity (Wildman–Crippen MR) is 61.5 cm³/mol. The summed E-state index contributed by atoms with van der Waals surface area (Å²) >= 11 is 0. The molecular formula is C12H15F2N3. The van der Waals surface area contributed by atoms with Crippen molar-refractivity contribution in [3.05, 3.63) is 23.4 Å². The lowest BCUT2D eigenvalue weighted by atomic mass is 10.1. The number of nitrogens with zero attached hydrogens (tertiary/aromatic N) is 2. The van der Waals surface area contributed by atoms with Gasteiger partial charge in [-0.05, 0) is 25.0 Å². The molecule has 1 saturated heterocycles. The molecule has 0 aromatic carbocycles. The second-order valence-electron chi connectivity index (χ2n) is 4.79. The molecule has 0 amide bonds. The summed E-state index contributed by atoms with van der Waals surface area (Å²) in [6.45, 7) is 3.90. The highest BCUT2D eigenvalue weighted by Crippen LogP contribution is 2.34. The lowest BCUT2D eigenvalue weighted by Crippen LogP contribution is -2.55. The average Bonchev–Trinajstić information content (AvgIpc) is 2.67. The summed E-state index contributed by atoms with van der Waals surface area (Å²) in [5.41, 5.74) is 0.977. The summed E-state index contributed by atoms with van der Waals surface area (Å²) in [6.07, 6.45) is -1.58. The van der Waals surface area contributed by atoms with Crippen LogP contribution >= 0.6 is 0 Å². The largest absolute Gasteiger partial charge is 0.348 e.